The fourth-order valence-corrected chi connectivity index (χ4v) is 2.80. The zero-order chi connectivity index (χ0) is 14.8. The second-order valence-electron chi connectivity index (χ2n) is 5.11. The SMILES string of the molecule is CCN1CCN(c2c(C#N)c(=O)[nH]c3cccnc23)CC1. The van der Waals surface area contributed by atoms with E-state index >= 15 is 0 Å². The van der Waals surface area contributed by atoms with Gasteiger partial charge in [0.15, 0.2) is 0 Å². The molecule has 1 N–H and O–H groups in total. The fourth-order valence-electron chi connectivity index (χ4n) is 2.80. The number of hydrogen-bond donors (Lipinski definition) is 1. The molecule has 0 unspecified atom stereocenters. The predicted molar refractivity (Wildman–Crippen MR) is 81.4 cm³/mol. The largest absolute Gasteiger partial charge is 0.366 e. The summed E-state index contributed by atoms with van der Waals surface area (Å²) >= 11 is 0. The molecule has 6 nitrogen and oxygen atoms in total. The summed E-state index contributed by atoms with van der Waals surface area (Å²) < 4.78 is 0. The van der Waals surface area contributed by atoms with Crippen LogP contribution in [-0.2, 0) is 0 Å². The number of nitriles is 1. The van der Waals surface area contributed by atoms with Crippen LogP contribution in [0.25, 0.3) is 11.0 Å². The Bertz CT molecular complexity index is 753. The van der Waals surface area contributed by atoms with E-state index < -0.39 is 0 Å². The molecule has 3 heterocycles. The lowest BCUT2D eigenvalue weighted by atomic mass is 10.1. The molecule has 0 bridgehead atoms. The average molecular weight is 283 g/mol. The number of nitrogens with zero attached hydrogens (tertiary/aromatic N) is 4. The molecule has 108 valence electrons. The maximum Gasteiger partial charge on any atom is 0.268 e. The second-order valence-corrected chi connectivity index (χ2v) is 5.11. The molecule has 1 aliphatic heterocycles. The molecule has 0 radical (unpaired) electrons. The Balaban J connectivity index is 2.13. The molecule has 2 aromatic rings. The zero-order valence-electron chi connectivity index (χ0n) is 12.0. The van der Waals surface area contributed by atoms with Crippen molar-refractivity contribution in [2.24, 2.45) is 0 Å². The molecule has 0 aromatic carbocycles. The zero-order valence-corrected chi connectivity index (χ0v) is 12.0. The summed E-state index contributed by atoms with van der Waals surface area (Å²) in [6, 6.07) is 5.64. The van der Waals surface area contributed by atoms with Crippen LogP contribution in [0.3, 0.4) is 0 Å². The molecule has 0 amide bonds. The average Bonchev–Trinajstić information content (AvgIpc) is 2.53. The summed E-state index contributed by atoms with van der Waals surface area (Å²) in [6.07, 6.45) is 1.69. The monoisotopic (exact) mass is 283 g/mol. The van der Waals surface area contributed by atoms with Crippen molar-refractivity contribution in [3.05, 3.63) is 34.2 Å². The van der Waals surface area contributed by atoms with Crippen molar-refractivity contribution in [3.8, 4) is 6.07 Å². The molecule has 0 aliphatic carbocycles. The number of nitrogens with one attached hydrogen (secondary N) is 1. The van der Waals surface area contributed by atoms with E-state index in [9.17, 15) is 10.1 Å². The number of rotatable bonds is 2. The number of anilines is 1. The van der Waals surface area contributed by atoms with Crippen LogP contribution in [-0.4, -0.2) is 47.6 Å². The smallest absolute Gasteiger partial charge is 0.268 e. The van der Waals surface area contributed by atoms with Gasteiger partial charge in [-0.25, -0.2) is 0 Å². The summed E-state index contributed by atoms with van der Waals surface area (Å²) in [5.41, 5.74) is 1.86. The lowest BCUT2D eigenvalue weighted by molar-refractivity contribution is 0.271. The van der Waals surface area contributed by atoms with Crippen LogP contribution < -0.4 is 10.5 Å². The molecule has 1 aliphatic rings. The Labute approximate surface area is 122 Å². The minimum Gasteiger partial charge on any atom is -0.366 e. The minimum atomic E-state index is -0.342. The van der Waals surface area contributed by atoms with Crippen LogP contribution in [0.2, 0.25) is 0 Å². The quantitative estimate of drug-likeness (QED) is 0.887. The van der Waals surface area contributed by atoms with Gasteiger partial charge in [-0.1, -0.05) is 6.92 Å². The van der Waals surface area contributed by atoms with Crippen molar-refractivity contribution in [1.29, 1.82) is 5.26 Å². The minimum absolute atomic E-state index is 0.158. The van der Waals surface area contributed by atoms with Crippen molar-refractivity contribution >= 4 is 16.7 Å². The summed E-state index contributed by atoms with van der Waals surface area (Å²) in [5.74, 6) is 0. The van der Waals surface area contributed by atoms with Gasteiger partial charge in [0, 0.05) is 32.4 Å². The van der Waals surface area contributed by atoms with Crippen molar-refractivity contribution in [2.45, 2.75) is 6.92 Å². The van der Waals surface area contributed by atoms with E-state index in [1.807, 2.05) is 12.1 Å². The standard InChI is InChI=1S/C15H17N5O/c1-2-19-6-8-20(9-7-19)14-11(10-16)15(21)18-12-4-3-5-17-13(12)14/h3-5H,2,6-9H2,1H3,(H,18,21). The molecule has 3 rings (SSSR count). The molecule has 6 heteroatoms. The number of likely N-dealkylation sites (N-methyl/N-ethyl adjacent to an activating group) is 1. The van der Waals surface area contributed by atoms with Gasteiger partial charge in [-0.2, -0.15) is 5.26 Å². The van der Waals surface area contributed by atoms with Gasteiger partial charge in [-0.05, 0) is 18.7 Å². The number of hydrogen-bond acceptors (Lipinski definition) is 5. The van der Waals surface area contributed by atoms with E-state index in [1.54, 1.807) is 12.3 Å². The van der Waals surface area contributed by atoms with Crippen LogP contribution in [0.15, 0.2) is 23.1 Å². The lowest BCUT2D eigenvalue weighted by Gasteiger charge is -2.35. The van der Waals surface area contributed by atoms with Crippen molar-refractivity contribution in [2.75, 3.05) is 37.6 Å². The first-order chi connectivity index (χ1) is 10.2. The molecule has 0 atom stereocenters. The van der Waals surface area contributed by atoms with E-state index in [2.05, 4.69) is 26.7 Å². The van der Waals surface area contributed by atoms with Gasteiger partial charge in [-0.3, -0.25) is 9.78 Å². The van der Waals surface area contributed by atoms with Gasteiger partial charge >= 0.3 is 0 Å². The van der Waals surface area contributed by atoms with Gasteiger partial charge in [0.1, 0.15) is 17.1 Å². The molecule has 0 saturated carbocycles. The van der Waals surface area contributed by atoms with Crippen molar-refractivity contribution in [1.82, 2.24) is 14.9 Å². The van der Waals surface area contributed by atoms with Crippen molar-refractivity contribution < 1.29 is 0 Å². The molecular weight excluding hydrogens is 266 g/mol. The van der Waals surface area contributed by atoms with E-state index in [1.165, 1.54) is 0 Å². The van der Waals surface area contributed by atoms with E-state index in [0.29, 0.717) is 16.7 Å². The number of pyridine rings is 2. The highest BCUT2D eigenvalue weighted by molar-refractivity contribution is 5.91. The normalized spacial score (nSPS) is 16.1. The molecule has 2 aromatic heterocycles. The number of piperazine rings is 1. The first kappa shape index (κ1) is 13.6. The molecular formula is C15H17N5O. The lowest BCUT2D eigenvalue weighted by Crippen LogP contribution is -2.47. The van der Waals surface area contributed by atoms with Gasteiger partial charge in [0.25, 0.3) is 5.56 Å². The third-order valence-electron chi connectivity index (χ3n) is 3.99. The first-order valence-electron chi connectivity index (χ1n) is 7.13. The van der Waals surface area contributed by atoms with Crippen molar-refractivity contribution in [3.63, 3.8) is 0 Å². The highest BCUT2D eigenvalue weighted by Crippen LogP contribution is 2.26. The molecule has 1 fully saturated rings. The van der Waals surface area contributed by atoms with Gasteiger partial charge < -0.3 is 14.8 Å². The molecule has 0 spiro atoms. The summed E-state index contributed by atoms with van der Waals surface area (Å²) in [6.45, 7) is 6.63. The topological polar surface area (TPSA) is 76.0 Å². The third-order valence-corrected chi connectivity index (χ3v) is 3.99. The maximum absolute atomic E-state index is 12.1. The number of aromatic nitrogens is 2. The first-order valence-corrected chi connectivity index (χ1v) is 7.13. The fraction of sp³-hybridized carbons (Fsp3) is 0.400. The van der Waals surface area contributed by atoms with Crippen LogP contribution >= 0.6 is 0 Å². The van der Waals surface area contributed by atoms with Crippen LogP contribution in [0.4, 0.5) is 5.69 Å². The number of fused-ring (bicyclic) bond motifs is 1. The van der Waals surface area contributed by atoms with Crippen LogP contribution in [0.5, 0.6) is 0 Å². The summed E-state index contributed by atoms with van der Waals surface area (Å²) in [5, 5.41) is 9.35. The Morgan fingerprint density at radius 1 is 1.38 bits per heavy atom. The van der Waals surface area contributed by atoms with Gasteiger partial charge in [-0.15, -0.1) is 0 Å². The Hall–Kier alpha value is -2.39. The predicted octanol–water partition coefficient (Wildman–Crippen LogP) is 0.937. The Morgan fingerprint density at radius 3 is 2.81 bits per heavy atom. The highest BCUT2D eigenvalue weighted by Gasteiger charge is 2.23. The highest BCUT2D eigenvalue weighted by atomic mass is 16.1. The van der Waals surface area contributed by atoms with E-state index in [0.717, 1.165) is 32.7 Å². The maximum atomic E-state index is 12.1. The summed E-state index contributed by atoms with van der Waals surface area (Å²) in [7, 11) is 0. The van der Waals surface area contributed by atoms with E-state index in [4.69, 9.17) is 0 Å². The summed E-state index contributed by atoms with van der Waals surface area (Å²) in [4.78, 5) is 23.7. The van der Waals surface area contributed by atoms with Gasteiger partial charge in [0.05, 0.1) is 11.2 Å². The third kappa shape index (κ3) is 2.36. The molecule has 1 saturated heterocycles. The number of aromatic amines is 1. The van der Waals surface area contributed by atoms with E-state index in [-0.39, 0.29) is 11.1 Å². The molecule has 21 heavy (non-hydrogen) atoms. The number of H-pyrrole nitrogens is 1. The van der Waals surface area contributed by atoms with Crippen LogP contribution in [0.1, 0.15) is 12.5 Å². The van der Waals surface area contributed by atoms with Crippen LogP contribution in [0, 0.1) is 11.3 Å². The van der Waals surface area contributed by atoms with Gasteiger partial charge in [0.2, 0.25) is 0 Å². The second kappa shape index (κ2) is 5.54. The Morgan fingerprint density at radius 2 is 2.14 bits per heavy atom. The Kier molecular flexibility index (Phi) is 3.59.